The van der Waals surface area contributed by atoms with Gasteiger partial charge >= 0.3 is 0 Å². The Bertz CT molecular complexity index is 733. The smallest absolute Gasteiger partial charge is 0.131 e. The van der Waals surface area contributed by atoms with Gasteiger partial charge in [0.25, 0.3) is 0 Å². The van der Waals surface area contributed by atoms with Crippen molar-refractivity contribution in [1.82, 2.24) is 0 Å². The van der Waals surface area contributed by atoms with Crippen LogP contribution in [0.4, 0.5) is 0 Å². The van der Waals surface area contributed by atoms with Gasteiger partial charge in [0.1, 0.15) is 11.5 Å². The molecule has 3 rings (SSSR count). The van der Waals surface area contributed by atoms with Gasteiger partial charge in [0, 0.05) is 16.1 Å². The van der Waals surface area contributed by atoms with E-state index in [9.17, 15) is 10.2 Å². The van der Waals surface area contributed by atoms with Crippen LogP contribution in [0, 0.1) is 0 Å². The summed E-state index contributed by atoms with van der Waals surface area (Å²) in [5.74, 6) is 0.338. The summed E-state index contributed by atoms with van der Waals surface area (Å²) in [7, 11) is 0. The Morgan fingerprint density at radius 2 is 1.24 bits per heavy atom. The van der Waals surface area contributed by atoms with Crippen molar-refractivity contribution in [2.45, 2.75) is 0 Å². The zero-order valence-corrected chi connectivity index (χ0v) is 11.9. The lowest BCUT2D eigenvalue weighted by Crippen LogP contribution is -1.84. The van der Waals surface area contributed by atoms with Crippen LogP contribution < -0.4 is 0 Å². The molecule has 104 valence electrons. The quantitative estimate of drug-likeness (QED) is 0.692. The Hall–Kier alpha value is -2.45. The molecular weight excluding hydrogens is 284 g/mol. The van der Waals surface area contributed by atoms with Gasteiger partial charge in [-0.1, -0.05) is 54.1 Å². The summed E-state index contributed by atoms with van der Waals surface area (Å²) >= 11 is 6.01. The first kappa shape index (κ1) is 13.5. The van der Waals surface area contributed by atoms with Crippen LogP contribution >= 0.6 is 11.6 Å². The molecule has 2 nitrogen and oxygen atoms in total. The average molecular weight is 297 g/mol. The van der Waals surface area contributed by atoms with Crippen LogP contribution in [0.3, 0.4) is 0 Å². The van der Waals surface area contributed by atoms with Crippen LogP contribution in [-0.2, 0) is 0 Å². The lowest BCUT2D eigenvalue weighted by atomic mass is 9.97. The Balaban J connectivity index is 2.16. The van der Waals surface area contributed by atoms with E-state index in [0.29, 0.717) is 16.1 Å². The van der Waals surface area contributed by atoms with Gasteiger partial charge in [0.05, 0.1) is 0 Å². The van der Waals surface area contributed by atoms with E-state index in [1.54, 1.807) is 24.3 Å². The topological polar surface area (TPSA) is 40.5 Å². The van der Waals surface area contributed by atoms with Gasteiger partial charge < -0.3 is 10.2 Å². The van der Waals surface area contributed by atoms with Crippen molar-refractivity contribution in [2.24, 2.45) is 0 Å². The molecule has 21 heavy (non-hydrogen) atoms. The first-order chi connectivity index (χ1) is 10.1. The van der Waals surface area contributed by atoms with Gasteiger partial charge in [-0.2, -0.15) is 0 Å². The molecule has 0 aliphatic rings. The van der Waals surface area contributed by atoms with Crippen molar-refractivity contribution in [3.8, 4) is 33.8 Å². The summed E-state index contributed by atoms with van der Waals surface area (Å²) in [6.45, 7) is 0. The molecule has 0 atom stereocenters. The SMILES string of the molecule is Oc1cccc(-c2cccc(-c3cccc(Cl)c3)c2O)c1. The molecule has 0 heterocycles. The number of aromatic hydroxyl groups is 2. The molecule has 0 aliphatic carbocycles. The molecule has 0 bridgehead atoms. The first-order valence-corrected chi connectivity index (χ1v) is 6.90. The van der Waals surface area contributed by atoms with Gasteiger partial charge in [0.2, 0.25) is 0 Å². The second-order valence-electron chi connectivity index (χ2n) is 4.76. The van der Waals surface area contributed by atoms with Gasteiger partial charge in [-0.05, 0) is 35.4 Å². The molecule has 3 aromatic carbocycles. The summed E-state index contributed by atoms with van der Waals surface area (Å²) in [5, 5.41) is 20.8. The molecule has 0 fully saturated rings. The third-order valence-electron chi connectivity index (χ3n) is 3.33. The predicted octanol–water partition coefficient (Wildman–Crippen LogP) is 5.09. The van der Waals surface area contributed by atoms with Crippen molar-refractivity contribution in [3.05, 3.63) is 71.8 Å². The van der Waals surface area contributed by atoms with Gasteiger partial charge in [-0.25, -0.2) is 0 Å². The van der Waals surface area contributed by atoms with Crippen LogP contribution in [0.25, 0.3) is 22.3 Å². The van der Waals surface area contributed by atoms with Crippen LogP contribution in [0.1, 0.15) is 0 Å². The van der Waals surface area contributed by atoms with Gasteiger partial charge in [-0.15, -0.1) is 0 Å². The highest BCUT2D eigenvalue weighted by Crippen LogP contribution is 2.39. The molecule has 3 heteroatoms. The molecule has 0 saturated carbocycles. The minimum Gasteiger partial charge on any atom is -0.508 e. The second kappa shape index (κ2) is 5.51. The number of rotatable bonds is 2. The maximum atomic E-state index is 10.6. The maximum absolute atomic E-state index is 10.6. The number of hydrogen-bond donors (Lipinski definition) is 2. The third kappa shape index (κ3) is 2.71. The monoisotopic (exact) mass is 296 g/mol. The van der Waals surface area contributed by atoms with Crippen LogP contribution in [0.2, 0.25) is 5.02 Å². The standard InChI is InChI=1S/C18H13ClO2/c19-14-6-1-4-12(10-14)16-8-3-9-17(18(16)21)13-5-2-7-15(20)11-13/h1-11,20-21H. The van der Waals surface area contributed by atoms with Crippen molar-refractivity contribution >= 4 is 11.6 Å². The molecule has 0 aliphatic heterocycles. The second-order valence-corrected chi connectivity index (χ2v) is 5.20. The van der Waals surface area contributed by atoms with Crippen molar-refractivity contribution < 1.29 is 10.2 Å². The number of para-hydroxylation sites is 1. The summed E-state index contributed by atoms with van der Waals surface area (Å²) in [5.41, 5.74) is 2.99. The van der Waals surface area contributed by atoms with Gasteiger partial charge in [0.15, 0.2) is 0 Å². The largest absolute Gasteiger partial charge is 0.508 e. The fraction of sp³-hybridized carbons (Fsp3) is 0. The first-order valence-electron chi connectivity index (χ1n) is 6.52. The highest BCUT2D eigenvalue weighted by atomic mass is 35.5. The summed E-state index contributed by atoms with van der Waals surface area (Å²) in [4.78, 5) is 0. The molecule has 0 unspecified atom stereocenters. The number of halogens is 1. The Labute approximate surface area is 127 Å². The number of hydrogen-bond acceptors (Lipinski definition) is 2. The molecular formula is C18H13ClO2. The van der Waals surface area contributed by atoms with E-state index in [4.69, 9.17) is 11.6 Å². The number of phenols is 2. The van der Waals surface area contributed by atoms with E-state index in [1.807, 2.05) is 42.5 Å². The predicted molar refractivity (Wildman–Crippen MR) is 85.7 cm³/mol. The number of phenolic OH excluding ortho intramolecular Hbond substituents is 2. The lowest BCUT2D eigenvalue weighted by Gasteiger charge is -2.11. The minimum absolute atomic E-state index is 0.167. The Kier molecular flexibility index (Phi) is 3.55. The lowest BCUT2D eigenvalue weighted by molar-refractivity contribution is 0.474. The van der Waals surface area contributed by atoms with Crippen LogP contribution in [0.15, 0.2) is 66.7 Å². The average Bonchev–Trinajstić information content (AvgIpc) is 2.47. The zero-order chi connectivity index (χ0) is 14.8. The fourth-order valence-electron chi connectivity index (χ4n) is 2.34. The van der Waals surface area contributed by atoms with Gasteiger partial charge in [-0.3, -0.25) is 0 Å². The fourth-order valence-corrected chi connectivity index (χ4v) is 2.53. The highest BCUT2D eigenvalue weighted by molar-refractivity contribution is 6.30. The van der Waals surface area contributed by atoms with Crippen LogP contribution in [-0.4, -0.2) is 10.2 Å². The van der Waals surface area contributed by atoms with E-state index >= 15 is 0 Å². The third-order valence-corrected chi connectivity index (χ3v) is 3.56. The van der Waals surface area contributed by atoms with E-state index in [1.165, 1.54) is 0 Å². The molecule has 0 aromatic heterocycles. The molecule has 2 N–H and O–H groups in total. The zero-order valence-electron chi connectivity index (χ0n) is 11.1. The van der Waals surface area contributed by atoms with Crippen molar-refractivity contribution in [3.63, 3.8) is 0 Å². The molecule has 0 amide bonds. The summed E-state index contributed by atoms with van der Waals surface area (Å²) in [6, 6.07) is 19.7. The normalized spacial score (nSPS) is 10.5. The Morgan fingerprint density at radius 3 is 1.86 bits per heavy atom. The van der Waals surface area contributed by atoms with Crippen LogP contribution in [0.5, 0.6) is 11.5 Å². The van der Waals surface area contributed by atoms with E-state index in [2.05, 4.69) is 0 Å². The Morgan fingerprint density at radius 1 is 0.667 bits per heavy atom. The molecule has 0 radical (unpaired) electrons. The molecule has 0 saturated heterocycles. The highest BCUT2D eigenvalue weighted by Gasteiger charge is 2.11. The summed E-state index contributed by atoms with van der Waals surface area (Å²) in [6.07, 6.45) is 0. The molecule has 3 aromatic rings. The molecule has 0 spiro atoms. The van der Waals surface area contributed by atoms with E-state index in [0.717, 1.165) is 11.1 Å². The maximum Gasteiger partial charge on any atom is 0.131 e. The van der Waals surface area contributed by atoms with Crippen molar-refractivity contribution in [2.75, 3.05) is 0 Å². The minimum atomic E-state index is 0.167. The van der Waals surface area contributed by atoms with E-state index < -0.39 is 0 Å². The number of benzene rings is 3. The summed E-state index contributed by atoms with van der Waals surface area (Å²) < 4.78 is 0. The van der Waals surface area contributed by atoms with E-state index in [-0.39, 0.29) is 11.5 Å². The van der Waals surface area contributed by atoms with Crippen molar-refractivity contribution in [1.29, 1.82) is 0 Å².